The predicted molar refractivity (Wildman–Crippen MR) is 113 cm³/mol. The van der Waals surface area contributed by atoms with Crippen molar-refractivity contribution < 1.29 is 9.59 Å². The molecule has 0 bridgehead atoms. The fourth-order valence-corrected chi connectivity index (χ4v) is 4.07. The molecule has 0 aliphatic carbocycles. The molecule has 152 valence electrons. The van der Waals surface area contributed by atoms with Crippen molar-refractivity contribution in [3.05, 3.63) is 35.4 Å². The van der Waals surface area contributed by atoms with E-state index in [4.69, 9.17) is 5.84 Å². The Morgan fingerprint density at radius 2 is 1.75 bits per heavy atom. The van der Waals surface area contributed by atoms with Gasteiger partial charge in [0.15, 0.2) is 0 Å². The second kappa shape index (κ2) is 10.4. The summed E-state index contributed by atoms with van der Waals surface area (Å²) in [7, 11) is 3.45. The largest absolute Gasteiger partial charge is 0.345 e. The van der Waals surface area contributed by atoms with Gasteiger partial charge in [-0.15, -0.1) is 10.2 Å². The molecule has 28 heavy (non-hydrogen) atoms. The molecule has 0 aliphatic heterocycles. The molecule has 0 aliphatic rings. The van der Waals surface area contributed by atoms with Crippen molar-refractivity contribution in [3.8, 4) is 0 Å². The van der Waals surface area contributed by atoms with Crippen LogP contribution in [0.25, 0.3) is 0 Å². The molecule has 0 saturated heterocycles. The lowest BCUT2D eigenvalue weighted by Crippen LogP contribution is -2.32. The van der Waals surface area contributed by atoms with E-state index in [1.165, 1.54) is 28.2 Å². The topological polar surface area (TPSA) is 97.4 Å². The lowest BCUT2D eigenvalue weighted by Gasteiger charge is -2.17. The Hall–Kier alpha value is -2.20. The number of carbonyl (C=O) groups is 2. The molecule has 2 aromatic rings. The minimum absolute atomic E-state index is 0.0367. The molecule has 2 N–H and O–H groups in total. The molecule has 1 heterocycles. The molecule has 0 radical (unpaired) electrons. The Kier molecular flexibility index (Phi) is 8.18. The van der Waals surface area contributed by atoms with Gasteiger partial charge in [0.05, 0.1) is 5.75 Å². The molecule has 0 fully saturated rings. The molecule has 0 spiro atoms. The molecule has 1 aromatic carbocycles. The first kappa shape index (κ1) is 22.1. The van der Waals surface area contributed by atoms with Gasteiger partial charge in [-0.2, -0.15) is 0 Å². The summed E-state index contributed by atoms with van der Waals surface area (Å²) in [6.45, 7) is 5.27. The zero-order valence-electron chi connectivity index (χ0n) is 16.6. The van der Waals surface area contributed by atoms with Gasteiger partial charge in [0, 0.05) is 38.5 Å². The van der Waals surface area contributed by atoms with E-state index in [9.17, 15) is 9.59 Å². The minimum Gasteiger partial charge on any atom is -0.345 e. The number of carbonyl (C=O) groups excluding carboxylic acids is 2. The van der Waals surface area contributed by atoms with Crippen LogP contribution in [0.5, 0.6) is 0 Å². The number of benzene rings is 1. The highest BCUT2D eigenvalue weighted by Gasteiger charge is 2.15. The number of nitrogens with zero attached hydrogens (tertiary/aromatic N) is 5. The van der Waals surface area contributed by atoms with Gasteiger partial charge in [-0.3, -0.25) is 9.59 Å². The molecule has 2 amide bonds. The van der Waals surface area contributed by atoms with Crippen LogP contribution in [0, 0.1) is 0 Å². The van der Waals surface area contributed by atoms with Gasteiger partial charge in [0.1, 0.15) is 0 Å². The monoisotopic (exact) mass is 422 g/mol. The summed E-state index contributed by atoms with van der Waals surface area (Å²) in [5.41, 5.74) is 1.63. The van der Waals surface area contributed by atoms with E-state index in [1.807, 2.05) is 32.0 Å². The van der Waals surface area contributed by atoms with Crippen molar-refractivity contribution >= 4 is 35.3 Å². The van der Waals surface area contributed by atoms with E-state index in [2.05, 4.69) is 10.2 Å². The third kappa shape index (κ3) is 5.65. The van der Waals surface area contributed by atoms with Gasteiger partial charge in [-0.05, 0) is 31.5 Å². The third-order valence-corrected chi connectivity index (χ3v) is 5.96. The van der Waals surface area contributed by atoms with Gasteiger partial charge in [-0.25, -0.2) is 4.68 Å². The highest BCUT2D eigenvalue weighted by Crippen LogP contribution is 2.24. The van der Waals surface area contributed by atoms with Crippen LogP contribution in [0.15, 0.2) is 34.6 Å². The maximum atomic E-state index is 12.1. The average molecular weight is 423 g/mol. The first-order valence-electron chi connectivity index (χ1n) is 8.91. The maximum absolute atomic E-state index is 12.1. The van der Waals surface area contributed by atoms with E-state index < -0.39 is 0 Å². The molecule has 10 heteroatoms. The lowest BCUT2D eigenvalue weighted by atomic mass is 10.1. The van der Waals surface area contributed by atoms with Crippen molar-refractivity contribution in [3.63, 3.8) is 0 Å². The Bertz CT molecular complexity index is 820. The molecule has 1 aromatic heterocycles. The molecule has 8 nitrogen and oxygen atoms in total. The van der Waals surface area contributed by atoms with Crippen LogP contribution in [0.2, 0.25) is 0 Å². The number of amides is 2. The molecule has 0 saturated carbocycles. The third-order valence-electron chi connectivity index (χ3n) is 4.02. The number of aromatic nitrogens is 3. The Labute approximate surface area is 173 Å². The van der Waals surface area contributed by atoms with Crippen molar-refractivity contribution in [1.82, 2.24) is 24.7 Å². The number of nitrogens with two attached hydrogens (primary N) is 1. The maximum Gasteiger partial charge on any atom is 0.253 e. The average Bonchev–Trinajstić information content (AvgIpc) is 3.04. The van der Waals surface area contributed by atoms with Crippen LogP contribution < -0.4 is 5.84 Å². The lowest BCUT2D eigenvalue weighted by molar-refractivity contribution is -0.127. The zero-order valence-corrected chi connectivity index (χ0v) is 18.2. The fourth-order valence-electron chi connectivity index (χ4n) is 2.45. The number of hydrogen-bond donors (Lipinski definition) is 1. The van der Waals surface area contributed by atoms with Gasteiger partial charge >= 0.3 is 0 Å². The van der Waals surface area contributed by atoms with Gasteiger partial charge < -0.3 is 15.6 Å². The SMILES string of the molecule is CCN(CC)C(=O)CSc1nnc(SCc2cccc(C(=O)N(C)C)c2)n1N. The predicted octanol–water partition coefficient (Wildman–Crippen LogP) is 1.95. The zero-order chi connectivity index (χ0) is 20.7. The summed E-state index contributed by atoms with van der Waals surface area (Å²) in [6.07, 6.45) is 0. The summed E-state index contributed by atoms with van der Waals surface area (Å²) in [6, 6.07) is 7.48. The highest BCUT2D eigenvalue weighted by atomic mass is 32.2. The van der Waals surface area contributed by atoms with Crippen LogP contribution >= 0.6 is 23.5 Å². The molecular weight excluding hydrogens is 396 g/mol. The summed E-state index contributed by atoms with van der Waals surface area (Å²) < 4.78 is 1.40. The molecule has 2 rings (SSSR count). The number of thioether (sulfide) groups is 2. The van der Waals surface area contributed by atoms with Crippen LogP contribution in [-0.4, -0.2) is 69.4 Å². The second-order valence-electron chi connectivity index (χ2n) is 6.18. The van der Waals surface area contributed by atoms with Crippen molar-refractivity contribution in [2.24, 2.45) is 0 Å². The van der Waals surface area contributed by atoms with E-state index in [0.29, 0.717) is 34.7 Å². The van der Waals surface area contributed by atoms with Gasteiger partial charge in [-0.1, -0.05) is 35.7 Å². The van der Waals surface area contributed by atoms with Gasteiger partial charge in [0.25, 0.3) is 5.91 Å². The number of hydrogen-bond acceptors (Lipinski definition) is 7. The normalized spacial score (nSPS) is 10.7. The van der Waals surface area contributed by atoms with E-state index in [1.54, 1.807) is 30.0 Å². The minimum atomic E-state index is -0.0367. The number of nitrogen functional groups attached to an aromatic ring is 1. The van der Waals surface area contributed by atoms with Crippen molar-refractivity contribution in [2.75, 3.05) is 38.8 Å². The van der Waals surface area contributed by atoms with E-state index >= 15 is 0 Å². The highest BCUT2D eigenvalue weighted by molar-refractivity contribution is 8.00. The number of rotatable bonds is 9. The van der Waals surface area contributed by atoms with E-state index in [-0.39, 0.29) is 17.6 Å². The Morgan fingerprint density at radius 3 is 2.36 bits per heavy atom. The van der Waals surface area contributed by atoms with Crippen LogP contribution in [0.3, 0.4) is 0 Å². The van der Waals surface area contributed by atoms with E-state index in [0.717, 1.165) is 5.56 Å². The summed E-state index contributed by atoms with van der Waals surface area (Å²) >= 11 is 2.71. The Balaban J connectivity index is 1.97. The second-order valence-corrected chi connectivity index (χ2v) is 8.06. The van der Waals surface area contributed by atoms with Crippen molar-refractivity contribution in [1.29, 1.82) is 0 Å². The summed E-state index contributed by atoms with van der Waals surface area (Å²) in [5, 5.41) is 9.25. The van der Waals surface area contributed by atoms with Gasteiger partial charge in [0.2, 0.25) is 16.2 Å². The van der Waals surface area contributed by atoms with Crippen LogP contribution in [-0.2, 0) is 10.5 Å². The molecule has 0 atom stereocenters. The quantitative estimate of drug-likeness (QED) is 0.487. The summed E-state index contributed by atoms with van der Waals surface area (Å²) in [5.74, 6) is 6.97. The molecular formula is C18H26N6O2S2. The Morgan fingerprint density at radius 1 is 1.11 bits per heavy atom. The standard InChI is InChI=1S/C18H26N6O2S2/c1-5-23(6-2)15(25)12-28-18-21-20-17(24(18)19)27-11-13-8-7-9-14(10-13)16(26)22(3)4/h7-10H,5-6,11-12,19H2,1-4H3. The summed E-state index contributed by atoms with van der Waals surface area (Å²) in [4.78, 5) is 27.5. The fraction of sp³-hybridized carbons (Fsp3) is 0.444. The first-order valence-corrected chi connectivity index (χ1v) is 10.9. The van der Waals surface area contributed by atoms with Crippen molar-refractivity contribution in [2.45, 2.75) is 29.9 Å². The van der Waals surface area contributed by atoms with Crippen LogP contribution in [0.4, 0.5) is 0 Å². The smallest absolute Gasteiger partial charge is 0.253 e. The first-order chi connectivity index (χ1) is 13.4. The van der Waals surface area contributed by atoms with Crippen LogP contribution in [0.1, 0.15) is 29.8 Å². The molecule has 0 unspecified atom stereocenters.